The highest BCUT2D eigenvalue weighted by Crippen LogP contribution is 2.30. The number of hydrogen-bond acceptors (Lipinski definition) is 4. The van der Waals surface area contributed by atoms with Gasteiger partial charge in [0, 0.05) is 12.1 Å². The summed E-state index contributed by atoms with van der Waals surface area (Å²) in [4.78, 5) is 38.4. The van der Waals surface area contributed by atoms with E-state index in [-0.39, 0.29) is 29.9 Å². The summed E-state index contributed by atoms with van der Waals surface area (Å²) >= 11 is 1.22. The number of carbonyl (C=O) groups is 3. The number of amides is 3. The SMILES string of the molecule is CCc1cccc(C)c1NC(=O)CS[C@H]1CC(=O)N(c2ccccc2)C1=O. The van der Waals surface area contributed by atoms with Crippen molar-refractivity contribution >= 4 is 40.9 Å². The van der Waals surface area contributed by atoms with E-state index < -0.39 is 5.25 Å². The number of nitrogens with zero attached hydrogens (tertiary/aromatic N) is 1. The van der Waals surface area contributed by atoms with Gasteiger partial charge in [-0.15, -0.1) is 11.8 Å². The van der Waals surface area contributed by atoms with Gasteiger partial charge in [0.05, 0.1) is 16.7 Å². The van der Waals surface area contributed by atoms with Crippen LogP contribution in [0.2, 0.25) is 0 Å². The quantitative estimate of drug-likeness (QED) is 0.776. The molecule has 0 saturated carbocycles. The molecular formula is C21H22N2O3S. The molecule has 3 rings (SSSR count). The number of carbonyl (C=O) groups excluding carboxylic acids is 3. The number of aryl methyl sites for hydroxylation is 2. The fourth-order valence-electron chi connectivity index (χ4n) is 3.14. The van der Waals surface area contributed by atoms with Crippen molar-refractivity contribution in [2.75, 3.05) is 16.0 Å². The molecule has 1 N–H and O–H groups in total. The number of benzene rings is 2. The van der Waals surface area contributed by atoms with E-state index in [0.29, 0.717) is 5.69 Å². The molecule has 1 heterocycles. The van der Waals surface area contributed by atoms with Crippen molar-refractivity contribution in [3.63, 3.8) is 0 Å². The third kappa shape index (κ3) is 4.22. The zero-order chi connectivity index (χ0) is 19.4. The Kier molecular flexibility index (Phi) is 5.96. The van der Waals surface area contributed by atoms with Gasteiger partial charge in [-0.2, -0.15) is 0 Å². The first-order valence-corrected chi connectivity index (χ1v) is 9.98. The standard InChI is InChI=1S/C21H22N2O3S/c1-3-15-9-7-8-14(2)20(15)22-18(24)13-27-17-12-19(25)23(21(17)26)16-10-5-4-6-11-16/h4-11,17H,3,12-13H2,1-2H3,(H,22,24)/t17-/m0/s1. The highest BCUT2D eigenvalue weighted by atomic mass is 32.2. The maximum absolute atomic E-state index is 12.6. The number of para-hydroxylation sites is 2. The smallest absolute Gasteiger partial charge is 0.247 e. The molecule has 27 heavy (non-hydrogen) atoms. The molecule has 6 heteroatoms. The summed E-state index contributed by atoms with van der Waals surface area (Å²) in [5.74, 6) is -0.517. The Hall–Kier alpha value is -2.60. The van der Waals surface area contributed by atoms with E-state index in [9.17, 15) is 14.4 Å². The third-order valence-corrected chi connectivity index (χ3v) is 5.74. The van der Waals surface area contributed by atoms with Gasteiger partial charge >= 0.3 is 0 Å². The number of rotatable bonds is 6. The van der Waals surface area contributed by atoms with Crippen LogP contribution in [-0.4, -0.2) is 28.7 Å². The summed E-state index contributed by atoms with van der Waals surface area (Å²) in [6.45, 7) is 4.00. The molecule has 3 amide bonds. The Balaban J connectivity index is 1.62. The summed E-state index contributed by atoms with van der Waals surface area (Å²) in [5.41, 5.74) is 3.50. The van der Waals surface area contributed by atoms with Gasteiger partial charge < -0.3 is 5.32 Å². The van der Waals surface area contributed by atoms with Crippen LogP contribution in [-0.2, 0) is 20.8 Å². The van der Waals surface area contributed by atoms with Crippen molar-refractivity contribution in [2.24, 2.45) is 0 Å². The highest BCUT2D eigenvalue weighted by molar-refractivity contribution is 8.01. The minimum atomic E-state index is -0.522. The van der Waals surface area contributed by atoms with E-state index in [1.807, 2.05) is 38.1 Å². The Labute approximate surface area is 163 Å². The van der Waals surface area contributed by atoms with Gasteiger partial charge in [-0.3, -0.25) is 14.4 Å². The van der Waals surface area contributed by atoms with E-state index in [2.05, 4.69) is 5.32 Å². The summed E-state index contributed by atoms with van der Waals surface area (Å²) < 4.78 is 0. The zero-order valence-corrected chi connectivity index (χ0v) is 16.2. The molecule has 0 spiro atoms. The Morgan fingerprint density at radius 1 is 1.15 bits per heavy atom. The van der Waals surface area contributed by atoms with Crippen molar-refractivity contribution in [1.29, 1.82) is 0 Å². The molecule has 5 nitrogen and oxygen atoms in total. The van der Waals surface area contributed by atoms with Crippen molar-refractivity contribution in [2.45, 2.75) is 31.9 Å². The summed E-state index contributed by atoms with van der Waals surface area (Å²) in [6, 6.07) is 14.8. The average Bonchev–Trinajstić information content (AvgIpc) is 2.95. The molecule has 0 aromatic heterocycles. The van der Waals surface area contributed by atoms with Crippen LogP contribution in [0.15, 0.2) is 48.5 Å². The molecule has 0 aliphatic carbocycles. The Bertz CT molecular complexity index is 867. The molecule has 1 aliphatic heterocycles. The lowest BCUT2D eigenvalue weighted by Crippen LogP contribution is -2.31. The third-order valence-electron chi connectivity index (χ3n) is 4.54. The largest absolute Gasteiger partial charge is 0.325 e. The lowest BCUT2D eigenvalue weighted by Gasteiger charge is -2.15. The number of thioether (sulfide) groups is 1. The number of hydrogen-bond donors (Lipinski definition) is 1. The van der Waals surface area contributed by atoms with Gasteiger partial charge in [-0.05, 0) is 36.6 Å². The molecule has 0 bridgehead atoms. The van der Waals surface area contributed by atoms with Gasteiger partial charge in [-0.1, -0.05) is 43.3 Å². The lowest BCUT2D eigenvalue weighted by atomic mass is 10.1. The predicted octanol–water partition coefficient (Wildman–Crippen LogP) is 3.56. The van der Waals surface area contributed by atoms with E-state index in [1.54, 1.807) is 24.3 Å². The fraction of sp³-hybridized carbons (Fsp3) is 0.286. The van der Waals surface area contributed by atoms with Crippen LogP contribution in [0.5, 0.6) is 0 Å². The first-order valence-electron chi connectivity index (χ1n) is 8.93. The minimum absolute atomic E-state index is 0.121. The molecule has 1 fully saturated rings. The van der Waals surface area contributed by atoms with Gasteiger partial charge in [0.25, 0.3) is 0 Å². The van der Waals surface area contributed by atoms with Crippen LogP contribution in [0.1, 0.15) is 24.5 Å². The van der Waals surface area contributed by atoms with Crippen molar-refractivity contribution < 1.29 is 14.4 Å². The molecule has 140 valence electrons. The Morgan fingerprint density at radius 3 is 2.59 bits per heavy atom. The maximum Gasteiger partial charge on any atom is 0.247 e. The second-order valence-corrected chi connectivity index (χ2v) is 7.61. The normalized spacial score (nSPS) is 16.7. The van der Waals surface area contributed by atoms with Crippen molar-refractivity contribution in [3.05, 3.63) is 59.7 Å². The topological polar surface area (TPSA) is 66.5 Å². The van der Waals surface area contributed by atoms with Gasteiger partial charge in [0.1, 0.15) is 0 Å². The molecule has 1 atom stereocenters. The van der Waals surface area contributed by atoms with E-state index >= 15 is 0 Å². The first-order chi connectivity index (χ1) is 13.0. The van der Waals surface area contributed by atoms with Gasteiger partial charge in [-0.25, -0.2) is 4.90 Å². The average molecular weight is 382 g/mol. The predicted molar refractivity (Wildman–Crippen MR) is 109 cm³/mol. The van der Waals surface area contributed by atoms with E-state index in [1.165, 1.54) is 16.7 Å². The highest BCUT2D eigenvalue weighted by Gasteiger charge is 2.39. The van der Waals surface area contributed by atoms with E-state index in [0.717, 1.165) is 23.2 Å². The van der Waals surface area contributed by atoms with E-state index in [4.69, 9.17) is 0 Å². The zero-order valence-electron chi connectivity index (χ0n) is 15.4. The molecule has 1 aliphatic rings. The maximum atomic E-state index is 12.6. The van der Waals surface area contributed by atoms with Crippen molar-refractivity contribution in [3.8, 4) is 0 Å². The van der Waals surface area contributed by atoms with Crippen LogP contribution in [0, 0.1) is 6.92 Å². The number of nitrogens with one attached hydrogen (secondary N) is 1. The fourth-order valence-corrected chi connectivity index (χ4v) is 4.07. The first kappa shape index (κ1) is 19.2. The van der Waals surface area contributed by atoms with Crippen LogP contribution in [0.4, 0.5) is 11.4 Å². The van der Waals surface area contributed by atoms with Gasteiger partial charge in [0.15, 0.2) is 0 Å². The van der Waals surface area contributed by atoms with Crippen molar-refractivity contribution in [1.82, 2.24) is 0 Å². The Morgan fingerprint density at radius 2 is 1.89 bits per heavy atom. The lowest BCUT2D eigenvalue weighted by molar-refractivity contribution is -0.121. The number of imide groups is 1. The van der Waals surface area contributed by atoms with Crippen LogP contribution in [0.25, 0.3) is 0 Å². The second kappa shape index (κ2) is 8.39. The van der Waals surface area contributed by atoms with Crippen LogP contribution in [0.3, 0.4) is 0 Å². The molecule has 1 saturated heterocycles. The summed E-state index contributed by atoms with van der Waals surface area (Å²) in [6.07, 6.45) is 0.947. The number of anilines is 2. The summed E-state index contributed by atoms with van der Waals surface area (Å²) in [5, 5.41) is 2.43. The van der Waals surface area contributed by atoms with Gasteiger partial charge in [0.2, 0.25) is 17.7 Å². The second-order valence-electron chi connectivity index (χ2n) is 6.42. The van der Waals surface area contributed by atoms with Crippen LogP contribution < -0.4 is 10.2 Å². The molecule has 0 radical (unpaired) electrons. The monoisotopic (exact) mass is 382 g/mol. The molecule has 2 aromatic carbocycles. The molecule has 0 unspecified atom stereocenters. The molecular weight excluding hydrogens is 360 g/mol. The molecule has 2 aromatic rings. The summed E-state index contributed by atoms with van der Waals surface area (Å²) in [7, 11) is 0. The van der Waals surface area contributed by atoms with Crippen LogP contribution >= 0.6 is 11.8 Å². The minimum Gasteiger partial charge on any atom is -0.325 e.